The van der Waals surface area contributed by atoms with Gasteiger partial charge in [-0.2, -0.15) is 0 Å². The fraction of sp³-hybridized carbons (Fsp3) is 0.286. The summed E-state index contributed by atoms with van der Waals surface area (Å²) >= 11 is 0. The Morgan fingerprint density at radius 1 is 1.00 bits per heavy atom. The molecule has 0 fully saturated rings. The number of nitrogens with one attached hydrogen (secondary N) is 1. The number of carbonyl (C=O) groups is 3. The molecular weight excluding hydrogens is 376 g/mol. The molecule has 3 rings (SSSR count). The minimum atomic E-state index is -1.02. The second-order valence-corrected chi connectivity index (χ2v) is 6.73. The summed E-state index contributed by atoms with van der Waals surface area (Å²) in [6.07, 6.45) is -1.83. The Morgan fingerprint density at radius 3 is 2.14 bits per heavy atom. The largest absolute Gasteiger partial charge is 0.481 e. The highest BCUT2D eigenvalue weighted by atomic mass is 16.6. The van der Waals surface area contributed by atoms with Gasteiger partial charge in [-0.15, -0.1) is 0 Å². The van der Waals surface area contributed by atoms with E-state index in [1.54, 1.807) is 0 Å². The predicted octanol–water partition coefficient (Wildman–Crippen LogP) is 2.85. The quantitative estimate of drug-likeness (QED) is 0.627. The minimum Gasteiger partial charge on any atom is -0.481 e. The summed E-state index contributed by atoms with van der Waals surface area (Å²) in [4.78, 5) is 33.9. The molecule has 0 saturated carbocycles. The van der Waals surface area contributed by atoms with Gasteiger partial charge >= 0.3 is 18.2 Å². The number of hydrogen-bond acceptors (Lipinski definition) is 5. The van der Waals surface area contributed by atoms with Crippen molar-refractivity contribution < 1.29 is 29.0 Å². The first-order valence-electron chi connectivity index (χ1n) is 9.21. The number of aliphatic carboxylic acids is 1. The Balaban J connectivity index is 1.63. The Bertz CT molecular complexity index is 850. The third-order valence-electron chi connectivity index (χ3n) is 4.80. The van der Waals surface area contributed by atoms with Crippen LogP contribution in [0.3, 0.4) is 0 Å². The van der Waals surface area contributed by atoms with Crippen molar-refractivity contribution in [3.63, 3.8) is 0 Å². The zero-order valence-electron chi connectivity index (χ0n) is 15.7. The second-order valence-electron chi connectivity index (χ2n) is 6.73. The average Bonchev–Trinajstić information content (AvgIpc) is 3.02. The van der Waals surface area contributed by atoms with E-state index in [0.717, 1.165) is 22.3 Å². The summed E-state index contributed by atoms with van der Waals surface area (Å²) in [5.74, 6) is -1.11. The highest BCUT2D eigenvalue weighted by molar-refractivity contribution is 5.79. The monoisotopic (exact) mass is 398 g/mol. The van der Waals surface area contributed by atoms with Crippen molar-refractivity contribution in [1.29, 1.82) is 0 Å². The number of benzene rings is 2. The number of alkyl carbamates (subject to hydrolysis) is 1. The van der Waals surface area contributed by atoms with Gasteiger partial charge in [0.25, 0.3) is 0 Å². The Hall–Kier alpha value is -3.55. The van der Waals surface area contributed by atoms with Gasteiger partial charge in [0.15, 0.2) is 0 Å². The van der Waals surface area contributed by atoms with E-state index >= 15 is 0 Å². The van der Waals surface area contributed by atoms with Crippen LogP contribution in [0.1, 0.15) is 29.9 Å². The maximum atomic E-state index is 12.3. The number of carbonyl (C=O) groups excluding carboxylic acids is 2. The molecule has 2 aromatic rings. The van der Waals surface area contributed by atoms with Crippen molar-refractivity contribution in [3.05, 3.63) is 59.7 Å². The Morgan fingerprint density at radius 2 is 1.59 bits per heavy atom. The summed E-state index contributed by atoms with van der Waals surface area (Å²) in [7, 11) is 0. The van der Waals surface area contributed by atoms with Gasteiger partial charge in [-0.3, -0.25) is 4.79 Å². The van der Waals surface area contributed by atoms with Gasteiger partial charge in [-0.25, -0.2) is 9.59 Å². The molecule has 152 valence electrons. The molecule has 1 aliphatic carbocycles. The van der Waals surface area contributed by atoms with Crippen LogP contribution in [0.2, 0.25) is 0 Å². The molecule has 2 amide bonds. The molecule has 0 radical (unpaired) electrons. The number of hydrogen-bond donors (Lipinski definition) is 3. The molecule has 1 aliphatic rings. The van der Waals surface area contributed by atoms with Gasteiger partial charge in [0, 0.05) is 12.3 Å². The number of carboxylic acid groups (broad SMARTS) is 1. The molecule has 0 heterocycles. The number of nitrogens with two attached hydrogens (primary N) is 1. The van der Waals surface area contributed by atoms with Crippen molar-refractivity contribution in [1.82, 2.24) is 5.32 Å². The van der Waals surface area contributed by atoms with Gasteiger partial charge in [-0.1, -0.05) is 48.5 Å². The third-order valence-corrected chi connectivity index (χ3v) is 4.80. The van der Waals surface area contributed by atoms with Crippen LogP contribution in [-0.2, 0) is 14.3 Å². The average molecular weight is 398 g/mol. The SMILES string of the molecule is NC(=O)OCC(CCC(=O)O)NC(=O)OCC1c2ccccc2-c2ccccc21. The van der Waals surface area contributed by atoms with E-state index in [1.807, 2.05) is 48.5 Å². The fourth-order valence-corrected chi connectivity index (χ4v) is 3.48. The lowest BCUT2D eigenvalue weighted by Crippen LogP contribution is -2.40. The van der Waals surface area contributed by atoms with E-state index in [0.29, 0.717) is 0 Å². The van der Waals surface area contributed by atoms with E-state index < -0.39 is 24.2 Å². The molecule has 4 N–H and O–H groups in total. The number of primary amides is 1. The normalized spacial score (nSPS) is 13.1. The van der Waals surface area contributed by atoms with Gasteiger partial charge in [0.05, 0.1) is 6.04 Å². The van der Waals surface area contributed by atoms with Crippen LogP contribution in [0.5, 0.6) is 0 Å². The number of rotatable bonds is 8. The van der Waals surface area contributed by atoms with Gasteiger partial charge in [-0.05, 0) is 28.7 Å². The summed E-state index contributed by atoms with van der Waals surface area (Å²) in [5.41, 5.74) is 9.34. The van der Waals surface area contributed by atoms with E-state index in [4.69, 9.17) is 15.6 Å². The van der Waals surface area contributed by atoms with Gasteiger partial charge in [0.2, 0.25) is 0 Å². The van der Waals surface area contributed by atoms with Crippen LogP contribution >= 0.6 is 0 Å². The molecule has 0 aliphatic heterocycles. The lowest BCUT2D eigenvalue weighted by atomic mass is 9.98. The highest BCUT2D eigenvalue weighted by Crippen LogP contribution is 2.44. The maximum Gasteiger partial charge on any atom is 0.407 e. The van der Waals surface area contributed by atoms with Crippen LogP contribution in [0.15, 0.2) is 48.5 Å². The number of fused-ring (bicyclic) bond motifs is 3. The number of carboxylic acids is 1. The molecule has 2 aromatic carbocycles. The molecule has 0 saturated heterocycles. The lowest BCUT2D eigenvalue weighted by Gasteiger charge is -2.19. The Kier molecular flexibility index (Phi) is 6.33. The first kappa shape index (κ1) is 20.2. The summed E-state index contributed by atoms with van der Waals surface area (Å²) in [6.45, 7) is -0.102. The van der Waals surface area contributed by atoms with Crippen LogP contribution in [0.25, 0.3) is 11.1 Å². The van der Waals surface area contributed by atoms with Crippen molar-refractivity contribution in [2.24, 2.45) is 5.73 Å². The molecule has 8 nitrogen and oxygen atoms in total. The maximum absolute atomic E-state index is 12.3. The van der Waals surface area contributed by atoms with Crippen LogP contribution in [-0.4, -0.2) is 42.5 Å². The van der Waals surface area contributed by atoms with Crippen LogP contribution in [0.4, 0.5) is 9.59 Å². The standard InChI is InChI=1S/C21H22N2O6/c22-20(26)28-11-13(9-10-19(24)25)23-21(27)29-12-18-16-7-3-1-5-14(16)15-6-2-4-8-17(15)18/h1-8,13,18H,9-12H2,(H2,22,26)(H,23,27)(H,24,25). The third kappa shape index (κ3) is 5.04. The smallest absolute Gasteiger partial charge is 0.407 e. The summed E-state index contributed by atoms with van der Waals surface area (Å²) < 4.78 is 10.1. The number of ether oxygens (including phenoxy) is 2. The Labute approximate surface area is 167 Å². The molecule has 0 bridgehead atoms. The molecule has 0 aromatic heterocycles. The predicted molar refractivity (Wildman–Crippen MR) is 104 cm³/mol. The van der Waals surface area contributed by atoms with Crippen LogP contribution < -0.4 is 11.1 Å². The summed E-state index contributed by atoms with van der Waals surface area (Å²) in [5, 5.41) is 11.4. The first-order valence-corrected chi connectivity index (χ1v) is 9.21. The second kappa shape index (κ2) is 9.09. The minimum absolute atomic E-state index is 0.0762. The van der Waals surface area contributed by atoms with E-state index in [1.165, 1.54) is 0 Å². The molecule has 8 heteroatoms. The molecule has 29 heavy (non-hydrogen) atoms. The van der Waals surface area contributed by atoms with E-state index in [9.17, 15) is 14.4 Å². The van der Waals surface area contributed by atoms with Crippen molar-refractivity contribution in [3.8, 4) is 11.1 Å². The molecular formula is C21H22N2O6. The van der Waals surface area contributed by atoms with Crippen LogP contribution in [0, 0.1) is 0 Å². The highest BCUT2D eigenvalue weighted by Gasteiger charge is 2.29. The van der Waals surface area contributed by atoms with E-state index in [-0.39, 0.29) is 32.0 Å². The zero-order chi connectivity index (χ0) is 20.8. The summed E-state index contributed by atoms with van der Waals surface area (Å²) in [6, 6.07) is 15.2. The number of amides is 2. The van der Waals surface area contributed by atoms with E-state index in [2.05, 4.69) is 10.1 Å². The van der Waals surface area contributed by atoms with Crippen molar-refractivity contribution in [2.75, 3.05) is 13.2 Å². The molecule has 1 unspecified atom stereocenters. The first-order chi connectivity index (χ1) is 14.0. The van der Waals surface area contributed by atoms with Crippen molar-refractivity contribution >= 4 is 18.2 Å². The lowest BCUT2D eigenvalue weighted by molar-refractivity contribution is -0.137. The topological polar surface area (TPSA) is 128 Å². The zero-order valence-corrected chi connectivity index (χ0v) is 15.7. The van der Waals surface area contributed by atoms with Crippen molar-refractivity contribution in [2.45, 2.75) is 24.8 Å². The fourth-order valence-electron chi connectivity index (χ4n) is 3.48. The van der Waals surface area contributed by atoms with Gasteiger partial charge < -0.3 is 25.6 Å². The molecule has 0 spiro atoms. The molecule has 1 atom stereocenters. The van der Waals surface area contributed by atoms with Gasteiger partial charge in [0.1, 0.15) is 13.2 Å².